The molecule has 0 bridgehead atoms. The molecule has 7 nitrogen and oxygen atoms in total. The van der Waals surface area contributed by atoms with E-state index in [1.807, 2.05) is 31.7 Å². The van der Waals surface area contributed by atoms with Gasteiger partial charge in [-0.3, -0.25) is 4.90 Å². The fraction of sp³-hybridized carbons (Fsp3) is 0.667. The van der Waals surface area contributed by atoms with Crippen molar-refractivity contribution in [1.29, 1.82) is 0 Å². The summed E-state index contributed by atoms with van der Waals surface area (Å²) in [4.78, 5) is 23.2. The van der Waals surface area contributed by atoms with Crippen LogP contribution in [-0.2, 0) is 4.74 Å². The second-order valence-corrected chi connectivity index (χ2v) is 6.94. The molecule has 2 atom stereocenters. The van der Waals surface area contributed by atoms with Crippen LogP contribution < -0.4 is 0 Å². The van der Waals surface area contributed by atoms with Crippen LogP contribution >= 0.6 is 11.8 Å². The van der Waals surface area contributed by atoms with E-state index in [1.54, 1.807) is 0 Å². The highest BCUT2D eigenvalue weighted by Crippen LogP contribution is 2.30. The lowest BCUT2D eigenvalue weighted by atomic mass is 10.1. The van der Waals surface area contributed by atoms with Crippen LogP contribution in [0.2, 0.25) is 0 Å². The Balaban J connectivity index is 0.00000117. The summed E-state index contributed by atoms with van der Waals surface area (Å²) in [5.41, 5.74) is 1.58. The number of aromatic nitrogens is 4. The molecule has 3 rings (SSSR count). The lowest BCUT2D eigenvalue weighted by Gasteiger charge is -2.39. The molecule has 1 unspecified atom stereocenters. The molecular formula is C18H29N5O2S. The van der Waals surface area contributed by atoms with Crippen LogP contribution in [0.25, 0.3) is 11.0 Å². The number of methoxy groups -OCH3 is 1. The number of aryl methyl sites for hydroxylation is 1. The fourth-order valence-corrected chi connectivity index (χ4v) is 3.66. The van der Waals surface area contributed by atoms with Crippen molar-refractivity contribution in [1.82, 2.24) is 24.6 Å². The number of carbonyl (C=O) groups excluding carboxylic acids is 1. The predicted octanol–water partition coefficient (Wildman–Crippen LogP) is 3.32. The first-order valence-electron chi connectivity index (χ1n) is 9.11. The van der Waals surface area contributed by atoms with Crippen LogP contribution in [0, 0.1) is 6.92 Å². The Kier molecular flexibility index (Phi) is 7.00. The van der Waals surface area contributed by atoms with Crippen LogP contribution in [0.5, 0.6) is 0 Å². The van der Waals surface area contributed by atoms with Gasteiger partial charge in [0.15, 0.2) is 5.65 Å². The quantitative estimate of drug-likeness (QED) is 0.448. The summed E-state index contributed by atoms with van der Waals surface area (Å²) >= 11 is 1.49. The number of rotatable bonds is 5. The summed E-state index contributed by atoms with van der Waals surface area (Å²) in [6.07, 6.45) is 3.19. The first-order valence-corrected chi connectivity index (χ1v) is 10.3. The standard InChI is InChI=1S/C16H23N5O2S.C2H6/c1-9-12-14(17-13(16(22)23-4)18-15(12)24-5)21(19-9)11(3)10(2)20-7-6-8-20;1-2/h10-11H,6-8H2,1-5H3;1-2H3/t10-,11?;/m0./s1. The first-order chi connectivity index (χ1) is 12.5. The lowest BCUT2D eigenvalue weighted by molar-refractivity contribution is 0.0586. The molecule has 1 aliphatic heterocycles. The normalized spacial score (nSPS) is 16.4. The third-order valence-corrected chi connectivity index (χ3v) is 5.49. The lowest BCUT2D eigenvalue weighted by Crippen LogP contribution is -2.47. The van der Waals surface area contributed by atoms with Gasteiger partial charge in [0, 0.05) is 6.04 Å². The predicted molar refractivity (Wildman–Crippen MR) is 105 cm³/mol. The molecule has 0 aromatic carbocycles. The molecule has 0 spiro atoms. The van der Waals surface area contributed by atoms with Gasteiger partial charge >= 0.3 is 5.97 Å². The minimum atomic E-state index is -0.527. The van der Waals surface area contributed by atoms with Crippen LogP contribution in [0.4, 0.5) is 0 Å². The fourth-order valence-electron chi connectivity index (χ4n) is 3.04. The van der Waals surface area contributed by atoms with Crippen molar-refractivity contribution in [2.75, 3.05) is 26.5 Å². The monoisotopic (exact) mass is 379 g/mol. The molecule has 0 amide bonds. The number of thioether (sulfide) groups is 1. The van der Waals surface area contributed by atoms with Gasteiger partial charge in [-0.1, -0.05) is 13.8 Å². The van der Waals surface area contributed by atoms with Crippen LogP contribution in [0.3, 0.4) is 0 Å². The number of hydrogen-bond donors (Lipinski definition) is 0. The van der Waals surface area contributed by atoms with E-state index in [-0.39, 0.29) is 11.9 Å². The number of hydrogen-bond acceptors (Lipinski definition) is 7. The average molecular weight is 380 g/mol. The Bertz CT molecular complexity index is 773. The van der Waals surface area contributed by atoms with Gasteiger partial charge in [0.1, 0.15) is 5.03 Å². The van der Waals surface area contributed by atoms with Crippen molar-refractivity contribution in [3.63, 3.8) is 0 Å². The highest BCUT2D eigenvalue weighted by Gasteiger charge is 2.29. The zero-order valence-electron chi connectivity index (χ0n) is 16.7. The molecule has 8 heteroatoms. The van der Waals surface area contributed by atoms with Crippen molar-refractivity contribution < 1.29 is 9.53 Å². The second kappa shape index (κ2) is 8.81. The van der Waals surface area contributed by atoms with Crippen molar-refractivity contribution in [2.24, 2.45) is 0 Å². The van der Waals surface area contributed by atoms with Gasteiger partial charge in [-0.15, -0.1) is 11.8 Å². The zero-order chi connectivity index (χ0) is 19.4. The Labute approximate surface area is 159 Å². The molecule has 3 heterocycles. The smallest absolute Gasteiger partial charge is 0.376 e. The van der Waals surface area contributed by atoms with Gasteiger partial charge in [0.05, 0.1) is 24.2 Å². The third-order valence-electron chi connectivity index (χ3n) is 4.81. The summed E-state index contributed by atoms with van der Waals surface area (Å²) in [5.74, 6) is -0.444. The molecule has 2 aromatic rings. The maximum atomic E-state index is 11.9. The minimum Gasteiger partial charge on any atom is -0.463 e. The van der Waals surface area contributed by atoms with E-state index in [1.165, 1.54) is 25.3 Å². The zero-order valence-corrected chi connectivity index (χ0v) is 17.6. The summed E-state index contributed by atoms with van der Waals surface area (Å²) in [5, 5.41) is 6.38. The van der Waals surface area contributed by atoms with E-state index in [0.717, 1.165) is 29.2 Å². The maximum Gasteiger partial charge on any atom is 0.376 e. The van der Waals surface area contributed by atoms with Crippen molar-refractivity contribution in [3.05, 3.63) is 11.5 Å². The molecule has 0 radical (unpaired) electrons. The molecular weight excluding hydrogens is 350 g/mol. The second-order valence-electron chi connectivity index (χ2n) is 6.15. The number of fused-ring (bicyclic) bond motifs is 1. The maximum absolute atomic E-state index is 11.9. The molecule has 0 aliphatic carbocycles. The van der Waals surface area contributed by atoms with Gasteiger partial charge in [-0.05, 0) is 46.5 Å². The third kappa shape index (κ3) is 3.71. The summed E-state index contributed by atoms with van der Waals surface area (Å²) in [6, 6.07) is 0.507. The van der Waals surface area contributed by atoms with E-state index >= 15 is 0 Å². The van der Waals surface area contributed by atoms with Gasteiger partial charge in [0.25, 0.3) is 0 Å². The Morgan fingerprint density at radius 3 is 2.35 bits per heavy atom. The SMILES string of the molecule is CC.COC(=O)c1nc(SC)c2c(C)nn(C(C)[C@H](C)N3CCC3)c2n1. The van der Waals surface area contributed by atoms with Gasteiger partial charge < -0.3 is 4.74 Å². The van der Waals surface area contributed by atoms with Crippen molar-refractivity contribution >= 4 is 28.8 Å². The minimum absolute atomic E-state index is 0.0827. The van der Waals surface area contributed by atoms with Crippen LogP contribution in [0.1, 0.15) is 56.5 Å². The number of ether oxygens (including phenoxy) is 1. The molecule has 0 saturated carbocycles. The Morgan fingerprint density at radius 1 is 1.19 bits per heavy atom. The highest BCUT2D eigenvalue weighted by molar-refractivity contribution is 7.98. The number of likely N-dealkylation sites (tertiary alicyclic amines) is 1. The molecule has 2 aromatic heterocycles. The van der Waals surface area contributed by atoms with E-state index in [4.69, 9.17) is 9.84 Å². The van der Waals surface area contributed by atoms with Gasteiger partial charge in [0.2, 0.25) is 5.82 Å². The molecule has 0 N–H and O–H groups in total. The average Bonchev–Trinajstić information content (AvgIpc) is 2.96. The Hall–Kier alpha value is -1.67. The van der Waals surface area contributed by atoms with Crippen LogP contribution in [0.15, 0.2) is 5.03 Å². The van der Waals surface area contributed by atoms with Gasteiger partial charge in [-0.25, -0.2) is 19.4 Å². The summed E-state index contributed by atoms with van der Waals surface area (Å²) < 4.78 is 6.72. The van der Waals surface area contributed by atoms with Crippen molar-refractivity contribution in [2.45, 2.75) is 58.1 Å². The molecule has 1 saturated heterocycles. The number of nitrogens with zero attached hydrogens (tertiary/aromatic N) is 5. The van der Waals surface area contributed by atoms with Crippen LogP contribution in [-0.4, -0.2) is 63.1 Å². The largest absolute Gasteiger partial charge is 0.463 e. The molecule has 144 valence electrons. The van der Waals surface area contributed by atoms with E-state index in [2.05, 4.69) is 28.7 Å². The summed E-state index contributed by atoms with van der Waals surface area (Å²) in [7, 11) is 1.34. The number of carbonyl (C=O) groups is 1. The van der Waals surface area contributed by atoms with Gasteiger partial charge in [-0.2, -0.15) is 5.10 Å². The van der Waals surface area contributed by atoms with E-state index < -0.39 is 5.97 Å². The number of esters is 1. The summed E-state index contributed by atoms with van der Waals surface area (Å²) in [6.45, 7) is 12.6. The van der Waals surface area contributed by atoms with Crippen molar-refractivity contribution in [3.8, 4) is 0 Å². The molecule has 1 aliphatic rings. The van der Waals surface area contributed by atoms with E-state index in [9.17, 15) is 4.79 Å². The molecule has 26 heavy (non-hydrogen) atoms. The van der Waals surface area contributed by atoms with E-state index in [0.29, 0.717) is 11.7 Å². The first kappa shape index (κ1) is 20.6. The topological polar surface area (TPSA) is 73.1 Å². The highest BCUT2D eigenvalue weighted by atomic mass is 32.2. The molecule has 1 fully saturated rings. The Morgan fingerprint density at radius 2 is 1.85 bits per heavy atom.